The third-order valence-corrected chi connectivity index (χ3v) is 3.78. The number of nitrogens with zero attached hydrogens (tertiary/aromatic N) is 5. The fraction of sp³-hybridized carbons (Fsp3) is 0.429. The van der Waals surface area contributed by atoms with Crippen LogP contribution in [0.4, 0.5) is 5.95 Å². The number of aromatic nitrogens is 5. The number of esters is 1. The number of allylic oxidation sites excluding steroid dienone is 1. The van der Waals surface area contributed by atoms with Gasteiger partial charge in [0.25, 0.3) is 0 Å². The Bertz CT molecular complexity index is 757. The zero-order chi connectivity index (χ0) is 15.9. The van der Waals surface area contributed by atoms with Crippen LogP contribution < -0.4 is 5.32 Å². The predicted octanol–water partition coefficient (Wildman–Crippen LogP) is 1.17. The normalized spacial score (nSPS) is 17.2. The Kier molecular flexibility index (Phi) is 3.44. The molecule has 1 aliphatic rings. The molecule has 22 heavy (non-hydrogen) atoms. The van der Waals surface area contributed by atoms with Gasteiger partial charge in [0, 0.05) is 24.5 Å². The highest BCUT2D eigenvalue weighted by Crippen LogP contribution is 2.36. The van der Waals surface area contributed by atoms with Gasteiger partial charge in [-0.15, -0.1) is 0 Å². The first-order valence-electron chi connectivity index (χ1n) is 7.04. The lowest BCUT2D eigenvalue weighted by Gasteiger charge is -2.28. The van der Waals surface area contributed by atoms with Crippen LogP contribution in [0.5, 0.6) is 0 Å². The zero-order valence-electron chi connectivity index (χ0n) is 13.0. The van der Waals surface area contributed by atoms with Crippen molar-refractivity contribution in [2.24, 2.45) is 7.05 Å². The molecule has 0 aliphatic carbocycles. The van der Waals surface area contributed by atoms with E-state index >= 15 is 0 Å². The highest BCUT2D eigenvalue weighted by Gasteiger charge is 2.36. The van der Waals surface area contributed by atoms with Crippen LogP contribution in [0, 0.1) is 6.92 Å². The third kappa shape index (κ3) is 2.07. The van der Waals surface area contributed by atoms with Crippen LogP contribution in [0.25, 0.3) is 0 Å². The summed E-state index contributed by atoms with van der Waals surface area (Å²) >= 11 is 0. The summed E-state index contributed by atoms with van der Waals surface area (Å²) in [6, 6.07) is -0.394. The summed E-state index contributed by atoms with van der Waals surface area (Å²) in [6.07, 6.45) is 4.02. The van der Waals surface area contributed by atoms with Crippen LogP contribution in [0.2, 0.25) is 0 Å². The summed E-state index contributed by atoms with van der Waals surface area (Å²) in [5, 5.41) is 11.8. The van der Waals surface area contributed by atoms with E-state index in [0.29, 0.717) is 17.9 Å². The Morgan fingerprint density at radius 1 is 1.50 bits per heavy atom. The maximum absolute atomic E-state index is 12.4. The Labute approximate surface area is 127 Å². The molecule has 3 heterocycles. The predicted molar refractivity (Wildman–Crippen MR) is 79.1 cm³/mol. The van der Waals surface area contributed by atoms with Crippen molar-refractivity contribution >= 4 is 11.9 Å². The van der Waals surface area contributed by atoms with Gasteiger partial charge in [-0.2, -0.15) is 15.2 Å². The molecule has 0 fully saturated rings. The van der Waals surface area contributed by atoms with Crippen molar-refractivity contribution < 1.29 is 9.53 Å². The molecule has 0 saturated carbocycles. The molecule has 0 amide bonds. The van der Waals surface area contributed by atoms with Crippen molar-refractivity contribution in [2.75, 3.05) is 12.4 Å². The van der Waals surface area contributed by atoms with Crippen LogP contribution >= 0.6 is 0 Å². The lowest BCUT2D eigenvalue weighted by Crippen LogP contribution is -2.30. The molecule has 2 aromatic rings. The van der Waals surface area contributed by atoms with E-state index in [0.717, 1.165) is 17.0 Å². The molecule has 0 spiro atoms. The number of ether oxygens (including phenoxy) is 1. The first kappa shape index (κ1) is 14.3. The number of anilines is 1. The van der Waals surface area contributed by atoms with E-state index in [9.17, 15) is 4.79 Å². The SMILES string of the molecule is CCC1=C(C(=O)OC)C(c2cn(C)nc2C)n2ncnc2N1. The number of fused-ring (bicyclic) bond motifs is 1. The number of rotatable bonds is 3. The molecule has 8 heteroatoms. The van der Waals surface area contributed by atoms with Crippen molar-refractivity contribution in [3.63, 3.8) is 0 Å². The zero-order valence-corrected chi connectivity index (χ0v) is 13.0. The van der Waals surface area contributed by atoms with E-state index in [-0.39, 0.29) is 5.97 Å². The molecule has 2 aromatic heterocycles. The van der Waals surface area contributed by atoms with E-state index in [1.54, 1.807) is 9.36 Å². The van der Waals surface area contributed by atoms with E-state index in [1.807, 2.05) is 27.1 Å². The van der Waals surface area contributed by atoms with Crippen LogP contribution in [-0.2, 0) is 16.6 Å². The van der Waals surface area contributed by atoms with Gasteiger partial charge in [-0.1, -0.05) is 6.92 Å². The second-order valence-electron chi connectivity index (χ2n) is 5.14. The maximum atomic E-state index is 12.4. The Morgan fingerprint density at radius 2 is 2.27 bits per heavy atom. The van der Waals surface area contributed by atoms with E-state index in [1.165, 1.54) is 13.4 Å². The van der Waals surface area contributed by atoms with E-state index in [2.05, 4.69) is 20.5 Å². The molecular weight excluding hydrogens is 284 g/mol. The van der Waals surface area contributed by atoms with Crippen LogP contribution in [0.15, 0.2) is 23.8 Å². The van der Waals surface area contributed by atoms with E-state index in [4.69, 9.17) is 4.74 Å². The highest BCUT2D eigenvalue weighted by atomic mass is 16.5. The van der Waals surface area contributed by atoms with Gasteiger partial charge in [0.2, 0.25) is 5.95 Å². The molecule has 0 radical (unpaired) electrons. The standard InChI is InChI=1S/C14H18N6O2/c1-5-10-11(13(21)22-4)12(9-6-19(3)18-8(9)2)20-14(17-10)15-7-16-20/h6-7,12H,5H2,1-4H3,(H,15,16,17). The number of aryl methyl sites for hydroxylation is 2. The average molecular weight is 302 g/mol. The van der Waals surface area contributed by atoms with Gasteiger partial charge in [0.05, 0.1) is 18.4 Å². The van der Waals surface area contributed by atoms with Gasteiger partial charge in [-0.3, -0.25) is 4.68 Å². The summed E-state index contributed by atoms with van der Waals surface area (Å²) in [6.45, 7) is 3.89. The Morgan fingerprint density at radius 3 is 2.86 bits per heavy atom. The molecule has 1 N–H and O–H groups in total. The number of methoxy groups -OCH3 is 1. The second-order valence-corrected chi connectivity index (χ2v) is 5.14. The molecular formula is C14H18N6O2. The minimum absolute atomic E-state index is 0.376. The van der Waals surface area contributed by atoms with Gasteiger partial charge in [0.1, 0.15) is 12.4 Å². The lowest BCUT2D eigenvalue weighted by atomic mass is 9.95. The first-order chi connectivity index (χ1) is 10.6. The molecule has 1 atom stereocenters. The van der Waals surface area contributed by atoms with Crippen molar-refractivity contribution in [1.29, 1.82) is 0 Å². The number of nitrogens with one attached hydrogen (secondary N) is 1. The Hall–Kier alpha value is -2.64. The maximum Gasteiger partial charge on any atom is 0.338 e. The molecule has 0 saturated heterocycles. The number of hydrogen-bond acceptors (Lipinski definition) is 6. The van der Waals surface area contributed by atoms with Gasteiger partial charge in [-0.05, 0) is 13.3 Å². The lowest BCUT2D eigenvalue weighted by molar-refractivity contribution is -0.136. The third-order valence-electron chi connectivity index (χ3n) is 3.78. The summed E-state index contributed by atoms with van der Waals surface area (Å²) in [7, 11) is 3.23. The van der Waals surface area contributed by atoms with Crippen LogP contribution in [0.3, 0.4) is 0 Å². The van der Waals surface area contributed by atoms with Crippen molar-refractivity contribution in [3.8, 4) is 0 Å². The topological polar surface area (TPSA) is 86.9 Å². The smallest absolute Gasteiger partial charge is 0.338 e. The van der Waals surface area contributed by atoms with Crippen LogP contribution in [-0.4, -0.2) is 37.6 Å². The number of carbonyl (C=O) groups excluding carboxylic acids is 1. The van der Waals surface area contributed by atoms with Crippen molar-refractivity contribution in [1.82, 2.24) is 24.5 Å². The van der Waals surface area contributed by atoms with Gasteiger partial charge in [0.15, 0.2) is 0 Å². The molecule has 1 unspecified atom stereocenters. The minimum Gasteiger partial charge on any atom is -0.466 e. The number of hydrogen-bond donors (Lipinski definition) is 1. The first-order valence-corrected chi connectivity index (χ1v) is 7.04. The summed E-state index contributed by atoms with van der Waals surface area (Å²) in [5.41, 5.74) is 3.08. The minimum atomic E-state index is -0.394. The highest BCUT2D eigenvalue weighted by molar-refractivity contribution is 5.92. The molecule has 3 rings (SSSR count). The molecule has 0 aromatic carbocycles. The fourth-order valence-corrected chi connectivity index (χ4v) is 2.82. The molecule has 1 aliphatic heterocycles. The quantitative estimate of drug-likeness (QED) is 0.857. The average Bonchev–Trinajstić information content (AvgIpc) is 3.10. The van der Waals surface area contributed by atoms with Crippen molar-refractivity contribution in [3.05, 3.63) is 35.1 Å². The number of carbonyl (C=O) groups is 1. The van der Waals surface area contributed by atoms with Crippen LogP contribution in [0.1, 0.15) is 30.6 Å². The summed E-state index contributed by atoms with van der Waals surface area (Å²) < 4.78 is 8.40. The monoisotopic (exact) mass is 302 g/mol. The van der Waals surface area contributed by atoms with Gasteiger partial charge < -0.3 is 10.1 Å². The second kappa shape index (κ2) is 5.28. The summed E-state index contributed by atoms with van der Waals surface area (Å²) in [5.74, 6) is 0.233. The summed E-state index contributed by atoms with van der Waals surface area (Å²) in [4.78, 5) is 16.6. The van der Waals surface area contributed by atoms with E-state index < -0.39 is 6.04 Å². The molecule has 8 nitrogen and oxygen atoms in total. The molecule has 116 valence electrons. The fourth-order valence-electron chi connectivity index (χ4n) is 2.82. The molecule has 0 bridgehead atoms. The Balaban J connectivity index is 2.24. The van der Waals surface area contributed by atoms with Gasteiger partial charge in [-0.25, -0.2) is 9.48 Å². The van der Waals surface area contributed by atoms with Gasteiger partial charge >= 0.3 is 5.97 Å². The largest absolute Gasteiger partial charge is 0.466 e. The van der Waals surface area contributed by atoms with Crippen molar-refractivity contribution in [2.45, 2.75) is 26.3 Å².